The second-order valence-electron chi connectivity index (χ2n) is 1.30. The first-order valence-corrected chi connectivity index (χ1v) is 2.44. The highest BCUT2D eigenvalue weighted by Gasteiger charge is 1.75. The maximum Gasteiger partial charge on any atom is 0.111 e. The summed E-state index contributed by atoms with van der Waals surface area (Å²) in [4.78, 5) is 0. The molecule has 0 radical (unpaired) electrons. The van der Waals surface area contributed by atoms with Gasteiger partial charge in [0.05, 0.1) is 6.61 Å². The minimum Gasteiger partial charge on any atom is -0.508 e. The molecule has 8 heavy (non-hydrogen) atoms. The van der Waals surface area contributed by atoms with Crippen molar-refractivity contribution in [3.05, 3.63) is 24.0 Å². The second kappa shape index (κ2) is 4.40. The second-order valence-corrected chi connectivity index (χ2v) is 1.30. The van der Waals surface area contributed by atoms with Gasteiger partial charge < -0.3 is 10.2 Å². The highest BCUT2D eigenvalue weighted by Crippen LogP contribution is 1.87. The molecular formula is C6H10O2. The topological polar surface area (TPSA) is 40.5 Å². The average Bonchev–Trinajstić information content (AvgIpc) is 1.83. The standard InChI is InChI=1S/C6H10O2/c1-2-6(8)4-3-5-7/h2-4,7-8H,5H2,1H3. The minimum atomic E-state index is -0.0299. The Bertz CT molecular complexity index is 103. The van der Waals surface area contributed by atoms with E-state index in [4.69, 9.17) is 10.2 Å². The van der Waals surface area contributed by atoms with E-state index in [9.17, 15) is 0 Å². The van der Waals surface area contributed by atoms with E-state index >= 15 is 0 Å². The molecule has 0 heterocycles. The number of allylic oxidation sites excluding steroid dienone is 2. The molecule has 0 saturated carbocycles. The van der Waals surface area contributed by atoms with Crippen molar-refractivity contribution in [2.75, 3.05) is 6.61 Å². The van der Waals surface area contributed by atoms with Gasteiger partial charge >= 0.3 is 0 Å². The van der Waals surface area contributed by atoms with Crippen molar-refractivity contribution in [1.29, 1.82) is 0 Å². The predicted molar refractivity (Wildman–Crippen MR) is 32.6 cm³/mol. The molecule has 0 aromatic rings. The smallest absolute Gasteiger partial charge is 0.111 e. The molecule has 0 rings (SSSR count). The Morgan fingerprint density at radius 3 is 2.62 bits per heavy atom. The highest BCUT2D eigenvalue weighted by molar-refractivity contribution is 5.08. The third-order valence-corrected chi connectivity index (χ3v) is 0.690. The van der Waals surface area contributed by atoms with Crippen LogP contribution in [-0.2, 0) is 0 Å². The fourth-order valence-corrected chi connectivity index (χ4v) is 0.270. The van der Waals surface area contributed by atoms with Gasteiger partial charge in [-0.3, -0.25) is 0 Å². The molecule has 0 fully saturated rings. The van der Waals surface area contributed by atoms with Crippen molar-refractivity contribution < 1.29 is 10.2 Å². The van der Waals surface area contributed by atoms with Gasteiger partial charge in [-0.25, -0.2) is 0 Å². The number of hydrogen-bond donors (Lipinski definition) is 2. The van der Waals surface area contributed by atoms with Gasteiger partial charge in [-0.15, -0.1) is 0 Å². The molecule has 2 N–H and O–H groups in total. The van der Waals surface area contributed by atoms with Crippen molar-refractivity contribution in [2.24, 2.45) is 0 Å². The number of aliphatic hydroxyl groups is 2. The summed E-state index contributed by atoms with van der Waals surface area (Å²) in [7, 11) is 0. The molecule has 0 atom stereocenters. The van der Waals surface area contributed by atoms with Gasteiger partial charge in [0, 0.05) is 0 Å². The summed E-state index contributed by atoms with van der Waals surface area (Å²) in [5.41, 5.74) is 0. The van der Waals surface area contributed by atoms with Crippen LogP contribution in [0, 0.1) is 0 Å². The lowest BCUT2D eigenvalue weighted by atomic mass is 10.4. The quantitative estimate of drug-likeness (QED) is 0.415. The van der Waals surface area contributed by atoms with Gasteiger partial charge in [-0.1, -0.05) is 6.08 Å². The molecule has 0 unspecified atom stereocenters. The van der Waals surface area contributed by atoms with Gasteiger partial charge in [-0.05, 0) is 19.1 Å². The van der Waals surface area contributed by atoms with Crippen LogP contribution >= 0.6 is 0 Å². The van der Waals surface area contributed by atoms with E-state index < -0.39 is 0 Å². The Hall–Kier alpha value is -0.760. The predicted octanol–water partition coefficient (Wildman–Crippen LogP) is 0.997. The Balaban J connectivity index is 3.53. The van der Waals surface area contributed by atoms with E-state index in [0.717, 1.165) is 0 Å². The Kier molecular flexibility index (Phi) is 3.98. The van der Waals surface area contributed by atoms with Gasteiger partial charge in [-0.2, -0.15) is 0 Å². The fraction of sp³-hybridized carbons (Fsp3) is 0.333. The average molecular weight is 114 g/mol. The van der Waals surface area contributed by atoms with Crippen LogP contribution in [-0.4, -0.2) is 16.8 Å². The van der Waals surface area contributed by atoms with Crippen LogP contribution in [0.1, 0.15) is 6.92 Å². The maximum atomic E-state index is 8.65. The maximum absolute atomic E-state index is 8.65. The van der Waals surface area contributed by atoms with E-state index in [1.807, 2.05) is 0 Å². The lowest BCUT2D eigenvalue weighted by molar-refractivity contribution is 0.341. The van der Waals surface area contributed by atoms with Crippen molar-refractivity contribution >= 4 is 0 Å². The van der Waals surface area contributed by atoms with E-state index in [1.54, 1.807) is 13.0 Å². The summed E-state index contributed by atoms with van der Waals surface area (Å²) >= 11 is 0. The fourth-order valence-electron chi connectivity index (χ4n) is 0.270. The Labute approximate surface area is 48.8 Å². The largest absolute Gasteiger partial charge is 0.508 e. The van der Waals surface area contributed by atoms with Crippen LogP contribution in [0.2, 0.25) is 0 Å². The molecule has 0 aliphatic heterocycles. The lowest BCUT2D eigenvalue weighted by Crippen LogP contribution is -1.74. The molecule has 46 valence electrons. The molecule has 0 saturated heterocycles. The van der Waals surface area contributed by atoms with Crippen LogP contribution in [0.25, 0.3) is 0 Å². The zero-order valence-electron chi connectivity index (χ0n) is 4.83. The Morgan fingerprint density at radius 2 is 2.25 bits per heavy atom. The summed E-state index contributed by atoms with van der Waals surface area (Å²) in [6.45, 7) is 1.69. The van der Waals surface area contributed by atoms with Crippen LogP contribution in [0.4, 0.5) is 0 Å². The highest BCUT2D eigenvalue weighted by atomic mass is 16.3. The summed E-state index contributed by atoms with van der Waals surface area (Å²) in [5, 5.41) is 16.8. The molecule has 0 aliphatic carbocycles. The lowest BCUT2D eigenvalue weighted by Gasteiger charge is -1.83. The van der Waals surface area contributed by atoms with E-state index in [1.165, 1.54) is 12.2 Å². The normalized spacial score (nSPS) is 13.0. The number of rotatable bonds is 2. The molecule has 0 aliphatic rings. The molecule has 2 nitrogen and oxygen atoms in total. The third-order valence-electron chi connectivity index (χ3n) is 0.690. The van der Waals surface area contributed by atoms with E-state index in [0.29, 0.717) is 0 Å². The molecule has 0 spiro atoms. The molecule has 0 amide bonds. The minimum absolute atomic E-state index is 0.0299. The first kappa shape index (κ1) is 7.24. The Morgan fingerprint density at radius 1 is 1.62 bits per heavy atom. The third kappa shape index (κ3) is 3.43. The first-order chi connectivity index (χ1) is 3.81. The summed E-state index contributed by atoms with van der Waals surface area (Å²) in [6.07, 6.45) is 4.46. The summed E-state index contributed by atoms with van der Waals surface area (Å²) in [6, 6.07) is 0. The van der Waals surface area contributed by atoms with Crippen molar-refractivity contribution in [1.82, 2.24) is 0 Å². The summed E-state index contributed by atoms with van der Waals surface area (Å²) < 4.78 is 0. The SMILES string of the molecule is CC=C(O)C=CCO. The van der Waals surface area contributed by atoms with Gasteiger partial charge in [0.1, 0.15) is 5.76 Å². The monoisotopic (exact) mass is 114 g/mol. The summed E-state index contributed by atoms with van der Waals surface area (Å²) in [5.74, 6) is 0.180. The van der Waals surface area contributed by atoms with Crippen LogP contribution in [0.5, 0.6) is 0 Å². The van der Waals surface area contributed by atoms with Crippen LogP contribution in [0.3, 0.4) is 0 Å². The van der Waals surface area contributed by atoms with E-state index in [-0.39, 0.29) is 12.4 Å². The van der Waals surface area contributed by atoms with Crippen molar-refractivity contribution in [3.8, 4) is 0 Å². The number of aliphatic hydroxyl groups excluding tert-OH is 2. The molecule has 0 aromatic heterocycles. The molecule has 0 aromatic carbocycles. The zero-order valence-corrected chi connectivity index (χ0v) is 4.83. The van der Waals surface area contributed by atoms with Crippen LogP contribution in [0.15, 0.2) is 24.0 Å². The number of hydrogen-bond acceptors (Lipinski definition) is 2. The van der Waals surface area contributed by atoms with Gasteiger partial charge in [0.2, 0.25) is 0 Å². The van der Waals surface area contributed by atoms with Gasteiger partial charge in [0.15, 0.2) is 0 Å². The van der Waals surface area contributed by atoms with E-state index in [2.05, 4.69) is 0 Å². The molecular weight excluding hydrogens is 104 g/mol. The van der Waals surface area contributed by atoms with Gasteiger partial charge in [0.25, 0.3) is 0 Å². The van der Waals surface area contributed by atoms with Crippen LogP contribution < -0.4 is 0 Å². The first-order valence-electron chi connectivity index (χ1n) is 2.44. The van der Waals surface area contributed by atoms with Crippen molar-refractivity contribution in [3.63, 3.8) is 0 Å². The molecule has 2 heteroatoms. The molecule has 0 bridgehead atoms. The zero-order chi connectivity index (χ0) is 6.41. The van der Waals surface area contributed by atoms with Crippen molar-refractivity contribution in [2.45, 2.75) is 6.92 Å².